The van der Waals surface area contributed by atoms with Crippen molar-refractivity contribution in [3.05, 3.63) is 0 Å². The van der Waals surface area contributed by atoms with Crippen molar-refractivity contribution in [1.29, 1.82) is 0 Å². The number of ether oxygens (including phenoxy) is 2. The van der Waals surface area contributed by atoms with E-state index in [0.717, 1.165) is 38.0 Å². The third kappa shape index (κ3) is 10.2. The van der Waals surface area contributed by atoms with Gasteiger partial charge in [-0.15, -0.1) is 0 Å². The zero-order valence-corrected chi connectivity index (χ0v) is 10.7. The Kier molecular flexibility index (Phi) is 10.3. The van der Waals surface area contributed by atoms with Crippen molar-refractivity contribution < 1.29 is 9.47 Å². The molecule has 0 bridgehead atoms. The van der Waals surface area contributed by atoms with Crippen LogP contribution in [-0.2, 0) is 9.47 Å². The van der Waals surface area contributed by atoms with Gasteiger partial charge in [-0.05, 0) is 31.3 Å². The number of hydrogen-bond acceptors (Lipinski definition) is 3. The summed E-state index contributed by atoms with van der Waals surface area (Å²) in [5.74, 6) is 1.51. The van der Waals surface area contributed by atoms with Gasteiger partial charge in [0.15, 0.2) is 0 Å². The first-order valence-electron chi connectivity index (χ1n) is 5.96. The highest BCUT2D eigenvalue weighted by molar-refractivity contribution is 4.60. The summed E-state index contributed by atoms with van der Waals surface area (Å²) in [4.78, 5) is 0. The van der Waals surface area contributed by atoms with Crippen LogP contribution in [0.4, 0.5) is 0 Å². The minimum absolute atomic E-state index is 0.692. The fourth-order valence-corrected chi connectivity index (χ4v) is 1.11. The first kappa shape index (κ1) is 14.9. The Balaban J connectivity index is 3.05. The second-order valence-electron chi connectivity index (χ2n) is 4.38. The second-order valence-corrected chi connectivity index (χ2v) is 4.38. The van der Waals surface area contributed by atoms with Crippen LogP contribution in [0.3, 0.4) is 0 Å². The van der Waals surface area contributed by atoms with Gasteiger partial charge in [0, 0.05) is 13.7 Å². The van der Waals surface area contributed by atoms with Crippen molar-refractivity contribution in [2.75, 3.05) is 40.0 Å². The first-order valence-corrected chi connectivity index (χ1v) is 5.96. The van der Waals surface area contributed by atoms with Crippen LogP contribution in [0.15, 0.2) is 0 Å². The van der Waals surface area contributed by atoms with Gasteiger partial charge < -0.3 is 14.8 Å². The van der Waals surface area contributed by atoms with E-state index in [0.29, 0.717) is 13.2 Å². The molecule has 0 aliphatic heterocycles. The van der Waals surface area contributed by atoms with Crippen LogP contribution in [0.1, 0.15) is 27.2 Å². The number of hydrogen-bond donors (Lipinski definition) is 1. The van der Waals surface area contributed by atoms with Crippen LogP contribution < -0.4 is 5.32 Å². The summed E-state index contributed by atoms with van der Waals surface area (Å²) in [6, 6.07) is 0. The van der Waals surface area contributed by atoms with Crippen molar-refractivity contribution in [1.82, 2.24) is 5.32 Å². The van der Waals surface area contributed by atoms with Crippen LogP contribution in [0.5, 0.6) is 0 Å². The molecule has 1 atom stereocenters. The van der Waals surface area contributed by atoms with Crippen molar-refractivity contribution in [3.8, 4) is 0 Å². The average molecular weight is 217 g/mol. The van der Waals surface area contributed by atoms with Gasteiger partial charge in [0.2, 0.25) is 0 Å². The molecular formula is C12H27NO2. The second kappa shape index (κ2) is 10.4. The Morgan fingerprint density at radius 2 is 1.80 bits per heavy atom. The summed E-state index contributed by atoms with van der Waals surface area (Å²) < 4.78 is 10.3. The normalized spacial score (nSPS) is 13.4. The van der Waals surface area contributed by atoms with Gasteiger partial charge in [-0.25, -0.2) is 0 Å². The lowest BCUT2D eigenvalue weighted by Gasteiger charge is -2.15. The first-order chi connectivity index (χ1) is 7.18. The molecule has 3 heteroatoms. The van der Waals surface area contributed by atoms with E-state index in [1.54, 1.807) is 7.11 Å². The lowest BCUT2D eigenvalue weighted by molar-refractivity contribution is 0.0694. The van der Waals surface area contributed by atoms with Crippen molar-refractivity contribution in [2.45, 2.75) is 27.2 Å². The number of nitrogens with one attached hydrogen (secondary N) is 1. The lowest BCUT2D eigenvalue weighted by atomic mass is 9.98. The summed E-state index contributed by atoms with van der Waals surface area (Å²) in [5, 5.41) is 3.45. The van der Waals surface area contributed by atoms with E-state index < -0.39 is 0 Å². The van der Waals surface area contributed by atoms with E-state index in [1.807, 2.05) is 0 Å². The van der Waals surface area contributed by atoms with E-state index in [2.05, 4.69) is 26.1 Å². The van der Waals surface area contributed by atoms with Gasteiger partial charge in [0.25, 0.3) is 0 Å². The minimum Gasteiger partial charge on any atom is -0.382 e. The quantitative estimate of drug-likeness (QED) is 0.567. The molecule has 0 aromatic carbocycles. The molecule has 0 fully saturated rings. The summed E-state index contributed by atoms with van der Waals surface area (Å²) in [5.41, 5.74) is 0. The fraction of sp³-hybridized carbons (Fsp3) is 1.00. The van der Waals surface area contributed by atoms with Crippen molar-refractivity contribution >= 4 is 0 Å². The van der Waals surface area contributed by atoms with E-state index in [4.69, 9.17) is 9.47 Å². The average Bonchev–Trinajstić information content (AvgIpc) is 2.21. The molecule has 15 heavy (non-hydrogen) atoms. The summed E-state index contributed by atoms with van der Waals surface area (Å²) in [6.07, 6.45) is 1.08. The molecule has 0 saturated heterocycles. The van der Waals surface area contributed by atoms with Crippen LogP contribution in [0, 0.1) is 11.8 Å². The van der Waals surface area contributed by atoms with E-state index >= 15 is 0 Å². The van der Waals surface area contributed by atoms with Gasteiger partial charge in [-0.1, -0.05) is 20.8 Å². The monoisotopic (exact) mass is 217 g/mol. The van der Waals surface area contributed by atoms with E-state index in [9.17, 15) is 0 Å². The molecular weight excluding hydrogens is 190 g/mol. The molecule has 0 saturated carbocycles. The fourth-order valence-electron chi connectivity index (χ4n) is 1.11. The van der Waals surface area contributed by atoms with Crippen LogP contribution in [0.2, 0.25) is 0 Å². The molecule has 1 unspecified atom stereocenters. The van der Waals surface area contributed by atoms with Crippen LogP contribution in [-0.4, -0.2) is 40.0 Å². The number of methoxy groups -OCH3 is 1. The molecule has 0 aromatic heterocycles. The Morgan fingerprint density at radius 3 is 2.40 bits per heavy atom. The molecule has 0 radical (unpaired) electrons. The predicted molar refractivity (Wildman–Crippen MR) is 64.2 cm³/mol. The SMILES string of the molecule is COCCOCCCNCC(C)C(C)C. The standard InChI is InChI=1S/C12H27NO2/c1-11(2)12(3)10-13-6-5-7-15-9-8-14-4/h11-13H,5-10H2,1-4H3. The smallest absolute Gasteiger partial charge is 0.0700 e. The predicted octanol–water partition coefficient (Wildman–Crippen LogP) is 1.92. The zero-order chi connectivity index (χ0) is 11.5. The molecule has 0 aliphatic carbocycles. The Labute approximate surface area is 94.5 Å². The highest BCUT2D eigenvalue weighted by Gasteiger charge is 2.05. The maximum Gasteiger partial charge on any atom is 0.0700 e. The van der Waals surface area contributed by atoms with Gasteiger partial charge in [-0.3, -0.25) is 0 Å². The topological polar surface area (TPSA) is 30.5 Å². The van der Waals surface area contributed by atoms with Gasteiger partial charge in [-0.2, -0.15) is 0 Å². The molecule has 0 spiro atoms. The van der Waals surface area contributed by atoms with Crippen molar-refractivity contribution in [2.24, 2.45) is 11.8 Å². The third-order valence-corrected chi connectivity index (χ3v) is 2.68. The minimum atomic E-state index is 0.692. The van der Waals surface area contributed by atoms with Gasteiger partial charge >= 0.3 is 0 Å². The summed E-state index contributed by atoms with van der Waals surface area (Å²) in [6.45, 7) is 11.2. The zero-order valence-electron chi connectivity index (χ0n) is 10.7. The Bertz CT molecular complexity index is 129. The lowest BCUT2D eigenvalue weighted by Crippen LogP contribution is -2.25. The molecule has 92 valence electrons. The Morgan fingerprint density at radius 1 is 1.07 bits per heavy atom. The summed E-state index contributed by atoms with van der Waals surface area (Å²) in [7, 11) is 1.69. The number of rotatable bonds is 10. The molecule has 0 rings (SSSR count). The largest absolute Gasteiger partial charge is 0.382 e. The maximum atomic E-state index is 5.36. The van der Waals surface area contributed by atoms with Gasteiger partial charge in [0.1, 0.15) is 0 Å². The van der Waals surface area contributed by atoms with Crippen LogP contribution in [0.25, 0.3) is 0 Å². The summed E-state index contributed by atoms with van der Waals surface area (Å²) >= 11 is 0. The van der Waals surface area contributed by atoms with Crippen LogP contribution >= 0.6 is 0 Å². The molecule has 0 amide bonds. The third-order valence-electron chi connectivity index (χ3n) is 2.68. The van der Waals surface area contributed by atoms with E-state index in [1.165, 1.54) is 0 Å². The maximum absolute atomic E-state index is 5.36. The molecule has 0 aliphatic rings. The molecule has 0 aromatic rings. The van der Waals surface area contributed by atoms with Crippen molar-refractivity contribution in [3.63, 3.8) is 0 Å². The highest BCUT2D eigenvalue weighted by atomic mass is 16.5. The van der Waals surface area contributed by atoms with E-state index in [-0.39, 0.29) is 0 Å². The molecule has 1 N–H and O–H groups in total. The highest BCUT2D eigenvalue weighted by Crippen LogP contribution is 2.07. The Hall–Kier alpha value is -0.120. The molecule has 0 heterocycles. The molecule has 3 nitrogen and oxygen atoms in total. The van der Waals surface area contributed by atoms with Gasteiger partial charge in [0.05, 0.1) is 13.2 Å².